The van der Waals surface area contributed by atoms with Crippen molar-refractivity contribution < 1.29 is 14.6 Å². The Morgan fingerprint density at radius 1 is 1.23 bits per heavy atom. The molecule has 2 rings (SSSR count). The topological polar surface area (TPSA) is 50.7 Å². The molecule has 0 bridgehead atoms. The van der Waals surface area contributed by atoms with Crippen molar-refractivity contribution in [3.8, 4) is 5.75 Å². The monoisotopic (exact) mass is 307 g/mol. The zero-order valence-electron chi connectivity index (χ0n) is 14.0. The molecular formula is C18H29NO3. The van der Waals surface area contributed by atoms with E-state index in [9.17, 15) is 5.11 Å². The van der Waals surface area contributed by atoms with Crippen LogP contribution in [-0.4, -0.2) is 32.0 Å². The molecule has 22 heavy (non-hydrogen) atoms. The predicted molar refractivity (Wildman–Crippen MR) is 88.1 cm³/mol. The van der Waals surface area contributed by atoms with Crippen molar-refractivity contribution >= 4 is 0 Å². The number of hydrogen-bond acceptors (Lipinski definition) is 4. The summed E-state index contributed by atoms with van der Waals surface area (Å²) in [6.07, 6.45) is 4.55. The molecule has 1 fully saturated rings. The van der Waals surface area contributed by atoms with Crippen LogP contribution in [0.5, 0.6) is 5.75 Å². The first kappa shape index (κ1) is 17.3. The van der Waals surface area contributed by atoms with Crippen molar-refractivity contribution in [1.82, 2.24) is 5.32 Å². The summed E-state index contributed by atoms with van der Waals surface area (Å²) < 4.78 is 10.6. The number of aliphatic hydroxyl groups is 1. The van der Waals surface area contributed by atoms with Gasteiger partial charge in [-0.3, -0.25) is 0 Å². The lowest BCUT2D eigenvalue weighted by Gasteiger charge is -2.30. The van der Waals surface area contributed by atoms with Gasteiger partial charge < -0.3 is 19.9 Å². The Balaban J connectivity index is 1.97. The minimum atomic E-state index is 0.303. The number of aliphatic hydroxyl groups excluding tert-OH is 1. The van der Waals surface area contributed by atoms with Crippen LogP contribution in [0.2, 0.25) is 0 Å². The molecule has 0 radical (unpaired) electrons. The molecule has 4 heteroatoms. The molecule has 1 saturated carbocycles. The van der Waals surface area contributed by atoms with E-state index in [1.165, 1.54) is 5.56 Å². The zero-order chi connectivity index (χ0) is 15.9. The second-order valence-electron chi connectivity index (χ2n) is 6.29. The normalized spacial score (nSPS) is 23.3. The van der Waals surface area contributed by atoms with Gasteiger partial charge in [-0.15, -0.1) is 0 Å². The van der Waals surface area contributed by atoms with Gasteiger partial charge in [0.25, 0.3) is 0 Å². The lowest BCUT2D eigenvalue weighted by molar-refractivity contribution is 0.172. The van der Waals surface area contributed by atoms with Gasteiger partial charge in [0.05, 0.1) is 13.7 Å². The molecule has 1 aliphatic rings. The smallest absolute Gasteiger partial charge is 0.124 e. The highest BCUT2D eigenvalue weighted by Crippen LogP contribution is 2.28. The molecule has 0 heterocycles. The number of hydrogen-bond donors (Lipinski definition) is 2. The summed E-state index contributed by atoms with van der Waals surface area (Å²) >= 11 is 0. The average Bonchev–Trinajstić information content (AvgIpc) is 2.55. The molecule has 4 nitrogen and oxygen atoms in total. The maximum Gasteiger partial charge on any atom is 0.124 e. The van der Waals surface area contributed by atoms with E-state index in [2.05, 4.69) is 24.4 Å². The van der Waals surface area contributed by atoms with E-state index in [-0.39, 0.29) is 0 Å². The third kappa shape index (κ3) is 4.45. The molecule has 1 aromatic carbocycles. The van der Waals surface area contributed by atoms with Gasteiger partial charge in [0, 0.05) is 31.4 Å². The van der Waals surface area contributed by atoms with E-state index in [4.69, 9.17) is 9.47 Å². The van der Waals surface area contributed by atoms with Crippen LogP contribution in [0.3, 0.4) is 0 Å². The SMILES string of the molecule is COCc1cc(C(C)NC2CCC(CO)CC2)ccc1OC. The van der Waals surface area contributed by atoms with Gasteiger partial charge in [0.15, 0.2) is 0 Å². The largest absolute Gasteiger partial charge is 0.496 e. The van der Waals surface area contributed by atoms with Gasteiger partial charge in [-0.2, -0.15) is 0 Å². The summed E-state index contributed by atoms with van der Waals surface area (Å²) in [6, 6.07) is 7.15. The molecule has 1 aliphatic carbocycles. The molecule has 124 valence electrons. The highest BCUT2D eigenvalue weighted by molar-refractivity contribution is 5.38. The Labute approximate surface area is 133 Å². The highest BCUT2D eigenvalue weighted by Gasteiger charge is 2.22. The summed E-state index contributed by atoms with van der Waals surface area (Å²) in [7, 11) is 3.39. The minimum absolute atomic E-state index is 0.303. The fraction of sp³-hybridized carbons (Fsp3) is 0.667. The quantitative estimate of drug-likeness (QED) is 0.813. The maximum atomic E-state index is 9.22. The fourth-order valence-corrected chi connectivity index (χ4v) is 3.30. The van der Waals surface area contributed by atoms with E-state index in [0.29, 0.717) is 31.2 Å². The Kier molecular flexibility index (Phi) is 6.68. The van der Waals surface area contributed by atoms with Crippen molar-refractivity contribution in [2.24, 2.45) is 5.92 Å². The molecule has 0 aliphatic heterocycles. The van der Waals surface area contributed by atoms with Crippen molar-refractivity contribution in [3.05, 3.63) is 29.3 Å². The minimum Gasteiger partial charge on any atom is -0.496 e. The summed E-state index contributed by atoms with van der Waals surface area (Å²) in [5.41, 5.74) is 2.34. The third-order valence-electron chi connectivity index (χ3n) is 4.69. The average molecular weight is 307 g/mol. The molecule has 0 saturated heterocycles. The molecule has 1 aromatic rings. The number of rotatable bonds is 7. The van der Waals surface area contributed by atoms with Crippen LogP contribution in [0.15, 0.2) is 18.2 Å². The standard InChI is InChI=1S/C18H29NO3/c1-13(19-17-7-4-14(11-20)5-8-17)15-6-9-18(22-3)16(10-15)12-21-2/h6,9-10,13-14,17,19-20H,4-5,7-8,11-12H2,1-3H3. The summed E-state index contributed by atoms with van der Waals surface area (Å²) in [5.74, 6) is 1.38. The van der Waals surface area contributed by atoms with E-state index in [1.54, 1.807) is 14.2 Å². The highest BCUT2D eigenvalue weighted by atomic mass is 16.5. The molecular weight excluding hydrogens is 278 g/mol. The summed E-state index contributed by atoms with van der Waals surface area (Å²) in [6.45, 7) is 3.10. The van der Waals surface area contributed by atoms with Gasteiger partial charge in [0.1, 0.15) is 5.75 Å². The zero-order valence-corrected chi connectivity index (χ0v) is 14.0. The molecule has 2 N–H and O–H groups in total. The first-order valence-corrected chi connectivity index (χ1v) is 8.20. The van der Waals surface area contributed by atoms with Crippen molar-refractivity contribution in [3.63, 3.8) is 0 Å². The maximum absolute atomic E-state index is 9.22. The molecule has 0 amide bonds. The van der Waals surface area contributed by atoms with Crippen molar-refractivity contribution in [2.75, 3.05) is 20.8 Å². The fourth-order valence-electron chi connectivity index (χ4n) is 3.30. The van der Waals surface area contributed by atoms with Gasteiger partial charge >= 0.3 is 0 Å². The number of methoxy groups -OCH3 is 2. The predicted octanol–water partition coefficient (Wildman–Crippen LogP) is 3.04. The first-order chi connectivity index (χ1) is 10.7. The lowest BCUT2D eigenvalue weighted by Crippen LogP contribution is -2.35. The van der Waals surface area contributed by atoms with Gasteiger partial charge in [0.2, 0.25) is 0 Å². The van der Waals surface area contributed by atoms with Crippen LogP contribution in [0.4, 0.5) is 0 Å². The van der Waals surface area contributed by atoms with E-state index in [1.807, 2.05) is 6.07 Å². The van der Waals surface area contributed by atoms with Crippen LogP contribution in [0, 0.1) is 5.92 Å². The van der Waals surface area contributed by atoms with Gasteiger partial charge in [-0.25, -0.2) is 0 Å². The van der Waals surface area contributed by atoms with Gasteiger partial charge in [-0.1, -0.05) is 6.07 Å². The van der Waals surface area contributed by atoms with E-state index in [0.717, 1.165) is 37.0 Å². The number of benzene rings is 1. The molecule has 0 spiro atoms. The molecule has 0 aromatic heterocycles. The van der Waals surface area contributed by atoms with Crippen LogP contribution in [0.1, 0.15) is 49.8 Å². The Bertz CT molecular complexity index is 456. The first-order valence-electron chi connectivity index (χ1n) is 8.20. The van der Waals surface area contributed by atoms with Gasteiger partial charge in [-0.05, 0) is 56.2 Å². The van der Waals surface area contributed by atoms with Crippen molar-refractivity contribution in [2.45, 2.75) is 51.3 Å². The van der Waals surface area contributed by atoms with E-state index < -0.39 is 0 Å². The number of nitrogens with one attached hydrogen (secondary N) is 1. The lowest BCUT2D eigenvalue weighted by atomic mass is 9.86. The second-order valence-corrected chi connectivity index (χ2v) is 6.29. The van der Waals surface area contributed by atoms with Crippen molar-refractivity contribution in [1.29, 1.82) is 0 Å². The van der Waals surface area contributed by atoms with Crippen LogP contribution < -0.4 is 10.1 Å². The summed E-state index contributed by atoms with van der Waals surface area (Å²) in [4.78, 5) is 0. The van der Waals surface area contributed by atoms with E-state index >= 15 is 0 Å². The van der Waals surface area contributed by atoms with Crippen LogP contribution in [-0.2, 0) is 11.3 Å². The Morgan fingerprint density at radius 2 is 1.95 bits per heavy atom. The second kappa shape index (κ2) is 8.51. The molecule has 1 unspecified atom stereocenters. The Hall–Kier alpha value is -1.10. The third-order valence-corrected chi connectivity index (χ3v) is 4.69. The molecule has 1 atom stereocenters. The summed E-state index contributed by atoms with van der Waals surface area (Å²) in [5, 5.41) is 12.9. The van der Waals surface area contributed by atoms with Crippen LogP contribution >= 0.6 is 0 Å². The Morgan fingerprint density at radius 3 is 2.55 bits per heavy atom. The number of ether oxygens (including phenoxy) is 2. The van der Waals surface area contributed by atoms with Crippen LogP contribution in [0.25, 0.3) is 0 Å².